The summed E-state index contributed by atoms with van der Waals surface area (Å²) in [5.41, 5.74) is 7.11. The molecule has 0 radical (unpaired) electrons. The molecular formula is C12H18N2O. The van der Waals surface area contributed by atoms with Gasteiger partial charge in [0.1, 0.15) is 0 Å². The fourth-order valence-corrected chi connectivity index (χ4v) is 1.44. The van der Waals surface area contributed by atoms with Crippen LogP contribution >= 0.6 is 0 Å². The second-order valence-electron chi connectivity index (χ2n) is 3.66. The van der Waals surface area contributed by atoms with E-state index in [4.69, 9.17) is 5.73 Å². The first-order valence-corrected chi connectivity index (χ1v) is 5.22. The van der Waals surface area contributed by atoms with Crippen molar-refractivity contribution in [3.8, 4) is 0 Å². The lowest BCUT2D eigenvalue weighted by Crippen LogP contribution is -2.29. The van der Waals surface area contributed by atoms with Crippen molar-refractivity contribution in [1.29, 1.82) is 0 Å². The van der Waals surface area contributed by atoms with Crippen molar-refractivity contribution >= 4 is 5.91 Å². The number of aryl methyl sites for hydroxylation is 1. The van der Waals surface area contributed by atoms with Gasteiger partial charge >= 0.3 is 0 Å². The third-order valence-electron chi connectivity index (χ3n) is 2.37. The Kier molecular flexibility index (Phi) is 4.84. The molecule has 0 aliphatic rings. The Balaban J connectivity index is 2.28. The Bertz CT molecular complexity index is 298. The van der Waals surface area contributed by atoms with Crippen molar-refractivity contribution in [2.45, 2.75) is 25.3 Å². The average molecular weight is 206 g/mol. The maximum absolute atomic E-state index is 11.0. The molecule has 0 fully saturated rings. The van der Waals surface area contributed by atoms with E-state index >= 15 is 0 Å². The first-order chi connectivity index (χ1) is 7.22. The van der Waals surface area contributed by atoms with Gasteiger partial charge in [0.25, 0.3) is 0 Å². The van der Waals surface area contributed by atoms with Crippen molar-refractivity contribution in [3.05, 3.63) is 35.9 Å². The SMILES string of the molecule is CNC(=O)CC(N)CCc1ccccc1. The van der Waals surface area contributed by atoms with Crippen LogP contribution in [0.1, 0.15) is 18.4 Å². The molecule has 0 aliphatic heterocycles. The minimum absolute atomic E-state index is 0.00978. The Hall–Kier alpha value is -1.35. The molecule has 0 aliphatic carbocycles. The number of carbonyl (C=O) groups is 1. The van der Waals surface area contributed by atoms with Gasteiger partial charge in [-0.2, -0.15) is 0 Å². The van der Waals surface area contributed by atoms with Crippen LogP contribution in [-0.4, -0.2) is 19.0 Å². The van der Waals surface area contributed by atoms with Crippen molar-refractivity contribution in [3.63, 3.8) is 0 Å². The van der Waals surface area contributed by atoms with Gasteiger partial charge < -0.3 is 11.1 Å². The number of hydrogen-bond donors (Lipinski definition) is 2. The number of nitrogens with one attached hydrogen (secondary N) is 1. The molecule has 0 spiro atoms. The molecule has 3 nitrogen and oxygen atoms in total. The molecular weight excluding hydrogens is 188 g/mol. The van der Waals surface area contributed by atoms with Gasteiger partial charge in [0.2, 0.25) is 5.91 Å². The van der Waals surface area contributed by atoms with Crippen molar-refractivity contribution in [1.82, 2.24) is 5.32 Å². The van der Waals surface area contributed by atoms with Crippen molar-refractivity contribution in [2.24, 2.45) is 5.73 Å². The molecule has 3 N–H and O–H groups in total. The molecule has 0 saturated carbocycles. The number of carbonyl (C=O) groups excluding carboxylic acids is 1. The summed E-state index contributed by atoms with van der Waals surface area (Å²) in [6.07, 6.45) is 2.18. The fraction of sp³-hybridized carbons (Fsp3) is 0.417. The largest absolute Gasteiger partial charge is 0.359 e. The number of amides is 1. The molecule has 1 atom stereocenters. The maximum Gasteiger partial charge on any atom is 0.221 e. The second kappa shape index (κ2) is 6.19. The lowest BCUT2D eigenvalue weighted by atomic mass is 10.0. The third-order valence-corrected chi connectivity index (χ3v) is 2.37. The first-order valence-electron chi connectivity index (χ1n) is 5.22. The van der Waals surface area contributed by atoms with Crippen LogP contribution in [0.4, 0.5) is 0 Å². The van der Waals surface area contributed by atoms with Crippen LogP contribution in [0, 0.1) is 0 Å². The zero-order valence-corrected chi connectivity index (χ0v) is 9.07. The molecule has 1 unspecified atom stereocenters. The van der Waals surface area contributed by atoms with E-state index in [9.17, 15) is 4.79 Å². The van der Waals surface area contributed by atoms with E-state index in [1.165, 1.54) is 5.56 Å². The van der Waals surface area contributed by atoms with E-state index in [0.717, 1.165) is 12.8 Å². The average Bonchev–Trinajstić information content (AvgIpc) is 2.27. The van der Waals surface area contributed by atoms with Gasteiger partial charge in [-0.3, -0.25) is 4.79 Å². The zero-order valence-electron chi connectivity index (χ0n) is 9.07. The summed E-state index contributed by atoms with van der Waals surface area (Å²) in [5.74, 6) is 0.00978. The summed E-state index contributed by atoms with van der Waals surface area (Å²) in [7, 11) is 1.63. The smallest absolute Gasteiger partial charge is 0.221 e. The quantitative estimate of drug-likeness (QED) is 0.757. The highest BCUT2D eigenvalue weighted by Crippen LogP contribution is 2.05. The van der Waals surface area contributed by atoms with E-state index in [0.29, 0.717) is 6.42 Å². The van der Waals surface area contributed by atoms with Crippen LogP contribution in [0.2, 0.25) is 0 Å². The Morgan fingerprint density at radius 1 is 1.40 bits per heavy atom. The van der Waals surface area contributed by atoms with Gasteiger partial charge in [-0.25, -0.2) is 0 Å². The number of rotatable bonds is 5. The van der Waals surface area contributed by atoms with Gasteiger partial charge in [-0.15, -0.1) is 0 Å². The van der Waals surface area contributed by atoms with E-state index in [-0.39, 0.29) is 11.9 Å². The topological polar surface area (TPSA) is 55.1 Å². The molecule has 82 valence electrons. The van der Waals surface area contributed by atoms with Gasteiger partial charge in [-0.1, -0.05) is 30.3 Å². The van der Waals surface area contributed by atoms with E-state index < -0.39 is 0 Å². The number of hydrogen-bond acceptors (Lipinski definition) is 2. The zero-order chi connectivity index (χ0) is 11.1. The van der Waals surface area contributed by atoms with Gasteiger partial charge in [-0.05, 0) is 18.4 Å². The monoisotopic (exact) mass is 206 g/mol. The lowest BCUT2D eigenvalue weighted by Gasteiger charge is -2.10. The van der Waals surface area contributed by atoms with E-state index in [2.05, 4.69) is 17.4 Å². The molecule has 0 saturated heterocycles. The maximum atomic E-state index is 11.0. The van der Waals surface area contributed by atoms with Crippen molar-refractivity contribution < 1.29 is 4.79 Å². The second-order valence-corrected chi connectivity index (χ2v) is 3.66. The molecule has 1 aromatic carbocycles. The standard InChI is InChI=1S/C12H18N2O/c1-14-12(15)9-11(13)8-7-10-5-3-2-4-6-10/h2-6,11H,7-9,13H2,1H3,(H,14,15). The fourth-order valence-electron chi connectivity index (χ4n) is 1.44. The van der Waals surface area contributed by atoms with E-state index in [1.54, 1.807) is 7.05 Å². The molecule has 0 aromatic heterocycles. The van der Waals surface area contributed by atoms with Gasteiger partial charge in [0.15, 0.2) is 0 Å². The summed E-state index contributed by atoms with van der Waals surface area (Å²) < 4.78 is 0. The summed E-state index contributed by atoms with van der Waals surface area (Å²) in [6.45, 7) is 0. The van der Waals surface area contributed by atoms with Crippen LogP contribution in [0.15, 0.2) is 30.3 Å². The lowest BCUT2D eigenvalue weighted by molar-refractivity contribution is -0.120. The Morgan fingerprint density at radius 3 is 2.67 bits per heavy atom. The summed E-state index contributed by atoms with van der Waals surface area (Å²) in [5, 5.41) is 2.58. The predicted molar refractivity (Wildman–Crippen MR) is 61.4 cm³/mol. The van der Waals surface area contributed by atoms with Crippen LogP contribution in [0.5, 0.6) is 0 Å². The highest BCUT2D eigenvalue weighted by Gasteiger charge is 2.07. The molecule has 0 heterocycles. The van der Waals surface area contributed by atoms with Gasteiger partial charge in [0.05, 0.1) is 0 Å². The molecule has 1 rings (SSSR count). The normalized spacial score (nSPS) is 12.1. The molecule has 0 bridgehead atoms. The molecule has 3 heteroatoms. The minimum Gasteiger partial charge on any atom is -0.359 e. The third kappa shape index (κ3) is 4.61. The van der Waals surface area contributed by atoms with E-state index in [1.807, 2.05) is 18.2 Å². The summed E-state index contributed by atoms with van der Waals surface area (Å²) >= 11 is 0. The minimum atomic E-state index is -0.0508. The summed E-state index contributed by atoms with van der Waals surface area (Å²) in [4.78, 5) is 11.0. The molecule has 15 heavy (non-hydrogen) atoms. The van der Waals surface area contributed by atoms with Gasteiger partial charge in [0, 0.05) is 19.5 Å². The molecule has 1 aromatic rings. The highest BCUT2D eigenvalue weighted by molar-refractivity contribution is 5.76. The van der Waals surface area contributed by atoms with Crippen LogP contribution in [0.25, 0.3) is 0 Å². The van der Waals surface area contributed by atoms with Crippen LogP contribution in [0.3, 0.4) is 0 Å². The number of nitrogens with two attached hydrogens (primary N) is 1. The first kappa shape index (κ1) is 11.7. The Labute approximate surface area is 90.7 Å². The predicted octanol–water partition coefficient (Wildman–Crippen LogP) is 1.08. The number of benzene rings is 1. The Morgan fingerprint density at radius 2 is 2.07 bits per heavy atom. The van der Waals surface area contributed by atoms with Crippen molar-refractivity contribution in [2.75, 3.05) is 7.05 Å². The highest BCUT2D eigenvalue weighted by atomic mass is 16.1. The molecule has 1 amide bonds. The summed E-state index contributed by atoms with van der Waals surface area (Å²) in [6, 6.07) is 10.1. The van der Waals surface area contributed by atoms with Crippen LogP contribution < -0.4 is 11.1 Å². The van der Waals surface area contributed by atoms with Crippen LogP contribution in [-0.2, 0) is 11.2 Å².